The fraction of sp³-hybridized carbons (Fsp3) is 0.381. The Hall–Kier alpha value is -2.36. The van der Waals surface area contributed by atoms with Crippen molar-refractivity contribution in [3.05, 3.63) is 65.3 Å². The summed E-state index contributed by atoms with van der Waals surface area (Å²) in [4.78, 5) is 4.77. The number of halogens is 1. The van der Waals surface area contributed by atoms with Crippen molar-refractivity contribution < 1.29 is 4.52 Å². The van der Waals surface area contributed by atoms with Gasteiger partial charge in [-0.2, -0.15) is 5.10 Å². The molecule has 156 valence electrons. The molecule has 1 aromatic carbocycles. The van der Waals surface area contributed by atoms with Crippen LogP contribution in [0, 0.1) is 0 Å². The summed E-state index contributed by atoms with van der Waals surface area (Å²) in [5.74, 6) is 1.70. The van der Waals surface area contributed by atoms with E-state index in [-0.39, 0.29) is 24.0 Å². The van der Waals surface area contributed by atoms with Gasteiger partial charge in [-0.05, 0) is 31.0 Å². The average molecular weight is 508 g/mol. The molecule has 0 aliphatic heterocycles. The van der Waals surface area contributed by atoms with Crippen molar-refractivity contribution in [2.24, 2.45) is 4.99 Å². The molecule has 0 fully saturated rings. The van der Waals surface area contributed by atoms with E-state index in [0.717, 1.165) is 53.6 Å². The zero-order valence-electron chi connectivity index (χ0n) is 17.2. The summed E-state index contributed by atoms with van der Waals surface area (Å²) in [6.07, 6.45) is 5.40. The van der Waals surface area contributed by atoms with Gasteiger partial charge in [-0.25, -0.2) is 9.67 Å². The lowest BCUT2D eigenvalue weighted by molar-refractivity contribution is 0.380. The predicted molar refractivity (Wildman–Crippen MR) is 126 cm³/mol. The van der Waals surface area contributed by atoms with E-state index in [1.165, 1.54) is 0 Å². The molecular weight excluding hydrogens is 479 g/mol. The van der Waals surface area contributed by atoms with Crippen molar-refractivity contribution >= 4 is 29.9 Å². The third-order valence-corrected chi connectivity index (χ3v) is 4.53. The quantitative estimate of drug-likeness (QED) is 0.275. The second kappa shape index (κ2) is 11.6. The molecular formula is C21H29IN6O. The van der Waals surface area contributed by atoms with Crippen LogP contribution in [0.2, 0.25) is 0 Å². The molecule has 3 rings (SSSR count). The third kappa shape index (κ3) is 5.81. The van der Waals surface area contributed by atoms with Crippen LogP contribution in [0.4, 0.5) is 0 Å². The molecule has 2 heterocycles. The highest BCUT2D eigenvalue weighted by Gasteiger charge is 2.13. The summed E-state index contributed by atoms with van der Waals surface area (Å²) < 4.78 is 7.32. The van der Waals surface area contributed by atoms with E-state index in [2.05, 4.69) is 53.8 Å². The Morgan fingerprint density at radius 3 is 2.62 bits per heavy atom. The van der Waals surface area contributed by atoms with Crippen LogP contribution in [-0.2, 0) is 25.9 Å². The first-order chi connectivity index (χ1) is 13.8. The molecule has 0 spiro atoms. The summed E-state index contributed by atoms with van der Waals surface area (Å²) in [5.41, 5.74) is 4.28. The minimum absolute atomic E-state index is 0. The van der Waals surface area contributed by atoms with Crippen LogP contribution in [-0.4, -0.2) is 27.4 Å². The number of nitrogens with one attached hydrogen (secondary N) is 2. The molecule has 0 radical (unpaired) electrons. The average Bonchev–Trinajstić information content (AvgIpc) is 3.39. The standard InChI is InChI=1S/C21H28N6O.HI/c1-4-18-17(20(5-2)28-26-18)15-24-21(22-6-3)23-14-16-10-7-8-11-19(16)27-13-9-12-25-27;/h7-13H,4-6,14-15H2,1-3H3,(H2,22,23,24);1H. The first-order valence-electron chi connectivity index (χ1n) is 9.83. The normalized spacial score (nSPS) is 11.2. The van der Waals surface area contributed by atoms with Crippen molar-refractivity contribution in [2.75, 3.05) is 6.54 Å². The number of aromatic nitrogens is 3. The highest BCUT2D eigenvalue weighted by atomic mass is 127. The van der Waals surface area contributed by atoms with Crippen molar-refractivity contribution in [3.63, 3.8) is 0 Å². The molecule has 0 aliphatic rings. The van der Waals surface area contributed by atoms with Crippen molar-refractivity contribution in [2.45, 2.75) is 46.7 Å². The van der Waals surface area contributed by atoms with Gasteiger partial charge in [0.15, 0.2) is 5.96 Å². The molecule has 8 heteroatoms. The topological polar surface area (TPSA) is 80.3 Å². The second-order valence-electron chi connectivity index (χ2n) is 6.37. The number of aliphatic imine (C=N–C) groups is 1. The molecule has 0 unspecified atom stereocenters. The van der Waals surface area contributed by atoms with E-state index in [1.54, 1.807) is 6.20 Å². The van der Waals surface area contributed by atoms with Gasteiger partial charge in [-0.3, -0.25) is 0 Å². The Labute approximate surface area is 189 Å². The predicted octanol–water partition coefficient (Wildman–Crippen LogP) is 3.86. The number of aryl methyl sites for hydroxylation is 2. The van der Waals surface area contributed by atoms with Crippen LogP contribution in [0.25, 0.3) is 5.69 Å². The number of rotatable bonds is 8. The number of hydrogen-bond donors (Lipinski definition) is 2. The molecule has 0 amide bonds. The fourth-order valence-electron chi connectivity index (χ4n) is 3.10. The molecule has 3 aromatic rings. The number of benzene rings is 1. The Morgan fingerprint density at radius 1 is 1.10 bits per heavy atom. The van der Waals surface area contributed by atoms with Gasteiger partial charge in [-0.15, -0.1) is 24.0 Å². The second-order valence-corrected chi connectivity index (χ2v) is 6.37. The highest BCUT2D eigenvalue weighted by molar-refractivity contribution is 14.0. The summed E-state index contributed by atoms with van der Waals surface area (Å²) in [7, 11) is 0. The Kier molecular flexibility index (Phi) is 9.17. The maximum Gasteiger partial charge on any atom is 0.191 e. The van der Waals surface area contributed by atoms with Crippen LogP contribution in [0.5, 0.6) is 0 Å². The monoisotopic (exact) mass is 508 g/mol. The lowest BCUT2D eigenvalue weighted by Gasteiger charge is -2.13. The van der Waals surface area contributed by atoms with E-state index in [0.29, 0.717) is 13.1 Å². The maximum atomic E-state index is 5.45. The van der Waals surface area contributed by atoms with Crippen molar-refractivity contribution in [1.29, 1.82) is 0 Å². The molecule has 7 nitrogen and oxygen atoms in total. The van der Waals surface area contributed by atoms with Gasteiger partial charge < -0.3 is 15.2 Å². The highest BCUT2D eigenvalue weighted by Crippen LogP contribution is 2.16. The Bertz CT molecular complexity index is 882. The van der Waals surface area contributed by atoms with Gasteiger partial charge in [-0.1, -0.05) is 37.2 Å². The van der Waals surface area contributed by atoms with E-state index in [1.807, 2.05) is 29.1 Å². The first-order valence-corrected chi connectivity index (χ1v) is 9.83. The number of guanidine groups is 1. The van der Waals surface area contributed by atoms with Gasteiger partial charge >= 0.3 is 0 Å². The molecule has 0 bridgehead atoms. The summed E-state index contributed by atoms with van der Waals surface area (Å²) in [6, 6.07) is 10.1. The third-order valence-electron chi connectivity index (χ3n) is 4.53. The number of para-hydroxylation sites is 1. The molecule has 29 heavy (non-hydrogen) atoms. The van der Waals surface area contributed by atoms with E-state index in [4.69, 9.17) is 9.52 Å². The van der Waals surface area contributed by atoms with Crippen LogP contribution in [0.3, 0.4) is 0 Å². The molecule has 0 saturated heterocycles. The van der Waals surface area contributed by atoms with Gasteiger partial charge in [0.1, 0.15) is 5.76 Å². The molecule has 2 N–H and O–H groups in total. The van der Waals surface area contributed by atoms with E-state index < -0.39 is 0 Å². The van der Waals surface area contributed by atoms with Crippen LogP contribution < -0.4 is 10.6 Å². The van der Waals surface area contributed by atoms with Crippen molar-refractivity contribution in [1.82, 2.24) is 25.6 Å². The van der Waals surface area contributed by atoms with Crippen LogP contribution >= 0.6 is 24.0 Å². The zero-order valence-corrected chi connectivity index (χ0v) is 19.5. The molecule has 0 saturated carbocycles. The summed E-state index contributed by atoms with van der Waals surface area (Å²) >= 11 is 0. The number of nitrogens with zero attached hydrogens (tertiary/aromatic N) is 4. The minimum atomic E-state index is 0. The smallest absolute Gasteiger partial charge is 0.191 e. The Balaban J connectivity index is 0.00000300. The fourth-order valence-corrected chi connectivity index (χ4v) is 3.10. The van der Waals surface area contributed by atoms with Gasteiger partial charge in [0, 0.05) is 37.5 Å². The maximum absolute atomic E-state index is 5.45. The lowest BCUT2D eigenvalue weighted by atomic mass is 10.1. The van der Waals surface area contributed by atoms with Gasteiger partial charge in [0.25, 0.3) is 0 Å². The van der Waals surface area contributed by atoms with Gasteiger partial charge in [0.2, 0.25) is 0 Å². The largest absolute Gasteiger partial charge is 0.361 e. The molecule has 0 aliphatic carbocycles. The SMILES string of the molecule is CCNC(=NCc1ccccc1-n1cccn1)NCc1c(CC)noc1CC.I. The zero-order chi connectivity index (χ0) is 19.8. The lowest BCUT2D eigenvalue weighted by Crippen LogP contribution is -2.37. The van der Waals surface area contributed by atoms with Crippen LogP contribution in [0.15, 0.2) is 52.2 Å². The molecule has 2 aromatic heterocycles. The van der Waals surface area contributed by atoms with Crippen LogP contribution in [0.1, 0.15) is 43.4 Å². The first kappa shape index (κ1) is 22.9. The summed E-state index contributed by atoms with van der Waals surface area (Å²) in [5, 5.41) is 15.2. The minimum Gasteiger partial charge on any atom is -0.361 e. The summed E-state index contributed by atoms with van der Waals surface area (Å²) in [6.45, 7) is 8.21. The van der Waals surface area contributed by atoms with Crippen molar-refractivity contribution in [3.8, 4) is 5.69 Å². The van der Waals surface area contributed by atoms with Gasteiger partial charge in [0.05, 0.1) is 17.9 Å². The Morgan fingerprint density at radius 2 is 1.93 bits per heavy atom. The van der Waals surface area contributed by atoms with E-state index in [9.17, 15) is 0 Å². The number of hydrogen-bond acceptors (Lipinski definition) is 4. The molecule has 0 atom stereocenters. The van der Waals surface area contributed by atoms with E-state index >= 15 is 0 Å².